The average molecular weight is 410 g/mol. The topological polar surface area (TPSA) is 41.6 Å². The van der Waals surface area contributed by atoms with Crippen molar-refractivity contribution in [2.24, 2.45) is 0 Å². The van der Waals surface area contributed by atoms with Gasteiger partial charge in [0.05, 0.1) is 35.9 Å². The van der Waals surface area contributed by atoms with Crippen molar-refractivity contribution < 1.29 is 22.7 Å². The molecule has 1 amide bonds. The summed E-state index contributed by atoms with van der Waals surface area (Å²) in [6.45, 7) is 4.09. The number of benzene rings is 2. The predicted molar refractivity (Wildman–Crippen MR) is 105 cm³/mol. The van der Waals surface area contributed by atoms with E-state index < -0.39 is 11.7 Å². The molecule has 0 saturated carbocycles. The van der Waals surface area contributed by atoms with Crippen LogP contribution in [0.3, 0.4) is 0 Å². The molecular weight excluding hydrogens is 389 g/mol. The highest BCUT2D eigenvalue weighted by atomic mass is 32.2. The number of hydrogen-bond donors (Lipinski definition) is 1. The smallest absolute Gasteiger partial charge is 0.378 e. The second-order valence-electron chi connectivity index (χ2n) is 6.48. The number of halogens is 3. The lowest BCUT2D eigenvalue weighted by atomic mass is 10.1. The van der Waals surface area contributed by atoms with Gasteiger partial charge in [0.15, 0.2) is 0 Å². The van der Waals surface area contributed by atoms with Crippen LogP contribution >= 0.6 is 11.8 Å². The summed E-state index contributed by atoms with van der Waals surface area (Å²) in [5.74, 6) is -0.235. The maximum atomic E-state index is 13.1. The molecule has 0 unspecified atom stereocenters. The van der Waals surface area contributed by atoms with Crippen LogP contribution in [0.15, 0.2) is 47.4 Å². The highest BCUT2D eigenvalue weighted by Crippen LogP contribution is 2.36. The molecule has 1 aliphatic rings. The van der Waals surface area contributed by atoms with Gasteiger partial charge in [0.1, 0.15) is 0 Å². The lowest BCUT2D eigenvalue weighted by Gasteiger charge is -2.31. The summed E-state index contributed by atoms with van der Waals surface area (Å²) < 4.78 is 44.7. The summed E-state index contributed by atoms with van der Waals surface area (Å²) >= 11 is 1.34. The zero-order chi connectivity index (χ0) is 20.1. The fourth-order valence-electron chi connectivity index (χ4n) is 2.86. The van der Waals surface area contributed by atoms with Crippen molar-refractivity contribution in [1.82, 2.24) is 0 Å². The number of nitrogens with zero attached hydrogens (tertiary/aromatic N) is 1. The Bertz CT molecular complexity index is 819. The monoisotopic (exact) mass is 410 g/mol. The van der Waals surface area contributed by atoms with Crippen molar-refractivity contribution in [3.8, 4) is 0 Å². The molecule has 0 bridgehead atoms. The Labute approximate surface area is 166 Å². The summed E-state index contributed by atoms with van der Waals surface area (Å²) in [5.41, 5.74) is 1.08. The minimum absolute atomic E-state index is 0.113. The second-order valence-corrected chi connectivity index (χ2v) is 7.53. The number of thioether (sulfide) groups is 1. The van der Waals surface area contributed by atoms with Gasteiger partial charge in [0.2, 0.25) is 5.91 Å². The van der Waals surface area contributed by atoms with Crippen LogP contribution in [0.5, 0.6) is 0 Å². The summed E-state index contributed by atoms with van der Waals surface area (Å²) in [4.78, 5) is 15.2. The van der Waals surface area contributed by atoms with Crippen LogP contribution in [0, 0.1) is 6.92 Å². The van der Waals surface area contributed by atoms with Gasteiger partial charge in [-0.2, -0.15) is 13.2 Å². The fraction of sp³-hybridized carbons (Fsp3) is 0.350. The average Bonchev–Trinajstić information content (AvgIpc) is 2.67. The molecule has 1 aliphatic heterocycles. The van der Waals surface area contributed by atoms with E-state index in [1.54, 1.807) is 0 Å². The molecule has 1 N–H and O–H groups in total. The quantitative estimate of drug-likeness (QED) is 0.733. The van der Waals surface area contributed by atoms with E-state index in [1.165, 1.54) is 17.8 Å². The van der Waals surface area contributed by atoms with Gasteiger partial charge in [-0.1, -0.05) is 17.7 Å². The summed E-state index contributed by atoms with van der Waals surface area (Å²) in [6, 6.07) is 11.2. The van der Waals surface area contributed by atoms with Gasteiger partial charge in [-0.05, 0) is 37.3 Å². The molecule has 1 saturated heterocycles. The second kappa shape index (κ2) is 8.87. The van der Waals surface area contributed by atoms with Crippen LogP contribution in [0.25, 0.3) is 0 Å². The molecule has 1 heterocycles. The Balaban J connectivity index is 1.75. The van der Waals surface area contributed by atoms with Crippen molar-refractivity contribution in [3.05, 3.63) is 53.6 Å². The van der Waals surface area contributed by atoms with Crippen LogP contribution < -0.4 is 10.2 Å². The number of rotatable bonds is 5. The lowest BCUT2D eigenvalue weighted by molar-refractivity contribution is -0.137. The number of anilines is 2. The van der Waals surface area contributed by atoms with E-state index in [-0.39, 0.29) is 17.3 Å². The molecule has 4 nitrogen and oxygen atoms in total. The van der Waals surface area contributed by atoms with E-state index >= 15 is 0 Å². The third-order valence-electron chi connectivity index (χ3n) is 4.34. The molecule has 0 aromatic heterocycles. The number of carbonyl (C=O) groups excluding carboxylic acids is 1. The van der Waals surface area contributed by atoms with Crippen molar-refractivity contribution in [3.63, 3.8) is 0 Å². The standard InChI is InChI=1S/C20H21F3N2O2S/c1-14-2-5-16(6-3-14)28-13-19(26)24-17-12-15(20(21,22)23)4-7-18(17)25-8-10-27-11-9-25/h2-7,12H,8-11,13H2,1H3,(H,24,26). The van der Waals surface area contributed by atoms with E-state index in [9.17, 15) is 18.0 Å². The molecule has 150 valence electrons. The molecule has 0 aliphatic carbocycles. The molecular formula is C20H21F3N2O2S. The molecule has 1 fully saturated rings. The first kappa shape index (κ1) is 20.5. The Hall–Kier alpha value is -2.19. The number of hydrogen-bond acceptors (Lipinski definition) is 4. The lowest BCUT2D eigenvalue weighted by Crippen LogP contribution is -2.37. The summed E-state index contributed by atoms with van der Waals surface area (Å²) in [7, 11) is 0. The number of aryl methyl sites for hydroxylation is 1. The van der Waals surface area contributed by atoms with E-state index in [0.717, 1.165) is 22.6 Å². The number of nitrogens with one attached hydrogen (secondary N) is 1. The fourth-order valence-corrected chi connectivity index (χ4v) is 3.56. The highest BCUT2D eigenvalue weighted by molar-refractivity contribution is 8.00. The van der Waals surface area contributed by atoms with Crippen LogP contribution in [-0.2, 0) is 15.7 Å². The maximum Gasteiger partial charge on any atom is 0.416 e. The van der Waals surface area contributed by atoms with Crippen molar-refractivity contribution in [2.75, 3.05) is 42.3 Å². The summed E-state index contributed by atoms with van der Waals surface area (Å²) in [5, 5.41) is 2.66. The third-order valence-corrected chi connectivity index (χ3v) is 5.35. The first-order valence-electron chi connectivity index (χ1n) is 8.86. The number of morpholine rings is 1. The molecule has 0 radical (unpaired) electrons. The molecule has 2 aromatic carbocycles. The van der Waals surface area contributed by atoms with Crippen LogP contribution in [0.2, 0.25) is 0 Å². The van der Waals surface area contributed by atoms with Gasteiger partial charge in [-0.3, -0.25) is 4.79 Å². The van der Waals surface area contributed by atoms with Gasteiger partial charge in [0.25, 0.3) is 0 Å². The first-order chi connectivity index (χ1) is 13.3. The van der Waals surface area contributed by atoms with Crippen molar-refractivity contribution in [2.45, 2.75) is 18.0 Å². The molecule has 0 spiro atoms. The largest absolute Gasteiger partial charge is 0.416 e. The van der Waals surface area contributed by atoms with Crippen LogP contribution in [0.1, 0.15) is 11.1 Å². The minimum Gasteiger partial charge on any atom is -0.378 e. The summed E-state index contributed by atoms with van der Waals surface area (Å²) in [6.07, 6.45) is -4.47. The normalized spacial score (nSPS) is 14.8. The molecule has 0 atom stereocenters. The Morgan fingerprint density at radius 3 is 2.46 bits per heavy atom. The molecule has 28 heavy (non-hydrogen) atoms. The predicted octanol–water partition coefficient (Wildman–Crippen LogP) is 4.58. The Morgan fingerprint density at radius 1 is 1.14 bits per heavy atom. The van der Waals surface area contributed by atoms with Gasteiger partial charge in [-0.15, -0.1) is 11.8 Å². The highest BCUT2D eigenvalue weighted by Gasteiger charge is 2.31. The first-order valence-corrected chi connectivity index (χ1v) is 9.85. The van der Waals surface area contributed by atoms with Crippen molar-refractivity contribution in [1.29, 1.82) is 0 Å². The van der Waals surface area contributed by atoms with E-state index in [4.69, 9.17) is 4.74 Å². The van der Waals surface area contributed by atoms with Crippen LogP contribution in [-0.4, -0.2) is 38.0 Å². The van der Waals surface area contributed by atoms with E-state index in [1.807, 2.05) is 36.1 Å². The number of carbonyl (C=O) groups is 1. The maximum absolute atomic E-state index is 13.1. The molecule has 3 rings (SSSR count). The zero-order valence-electron chi connectivity index (χ0n) is 15.4. The SMILES string of the molecule is Cc1ccc(SCC(=O)Nc2cc(C(F)(F)F)ccc2N2CCOCC2)cc1. The Kier molecular flexibility index (Phi) is 6.51. The molecule has 8 heteroatoms. The third kappa shape index (κ3) is 5.42. The van der Waals surface area contributed by atoms with Gasteiger partial charge >= 0.3 is 6.18 Å². The zero-order valence-corrected chi connectivity index (χ0v) is 16.2. The van der Waals surface area contributed by atoms with Gasteiger partial charge in [0, 0.05) is 18.0 Å². The van der Waals surface area contributed by atoms with Crippen LogP contribution in [0.4, 0.5) is 24.5 Å². The van der Waals surface area contributed by atoms with E-state index in [2.05, 4.69) is 5.32 Å². The number of alkyl halides is 3. The van der Waals surface area contributed by atoms with Crippen molar-refractivity contribution >= 4 is 29.0 Å². The molecule has 2 aromatic rings. The number of amides is 1. The minimum atomic E-state index is -4.47. The number of ether oxygens (including phenoxy) is 1. The van der Waals surface area contributed by atoms with Gasteiger partial charge in [-0.25, -0.2) is 0 Å². The Morgan fingerprint density at radius 2 is 1.82 bits per heavy atom. The van der Waals surface area contributed by atoms with E-state index in [0.29, 0.717) is 32.0 Å². The van der Waals surface area contributed by atoms with Gasteiger partial charge < -0.3 is 15.0 Å².